The van der Waals surface area contributed by atoms with E-state index in [9.17, 15) is 13.6 Å². The monoisotopic (exact) mass is 555 g/mol. The zero-order chi connectivity index (χ0) is 22.8. The molecule has 30 heavy (non-hydrogen) atoms. The van der Waals surface area contributed by atoms with E-state index in [-0.39, 0.29) is 22.6 Å². The van der Waals surface area contributed by atoms with Crippen molar-refractivity contribution >= 4 is 43.5 Å². The lowest BCUT2D eigenvalue weighted by Gasteiger charge is -2.26. The molecule has 0 N–H and O–H groups in total. The molecule has 4 nitrogen and oxygen atoms in total. The molecule has 1 fully saturated rings. The number of methoxy groups -OCH3 is 1. The molecule has 1 aliphatic carbocycles. The standard InChI is InChI=1S/C21H26Br2F3NO3/c1-6-27(7-2)19-12(17(25)16(24)11(9-29-5)18(19)26)10-30-20(28)15-13(8-14(22)23)21(15,3)4/h8,13,15H,6-7,9-10H2,1-5H3/t13-,15-/m0/s1. The van der Waals surface area contributed by atoms with Crippen LogP contribution >= 0.6 is 31.9 Å². The Hall–Kier alpha value is -1.06. The molecule has 0 amide bonds. The Labute approximate surface area is 192 Å². The van der Waals surface area contributed by atoms with Gasteiger partial charge in [0.05, 0.1) is 32.7 Å². The lowest BCUT2D eigenvalue weighted by atomic mass is 10.0. The normalized spacial score (nSPS) is 19.4. The third kappa shape index (κ3) is 4.88. The second-order valence-electron chi connectivity index (χ2n) is 7.74. The van der Waals surface area contributed by atoms with E-state index in [4.69, 9.17) is 9.47 Å². The fraction of sp³-hybridized carbons (Fsp3) is 0.571. The number of carbonyl (C=O) groups excluding carboxylic acids is 1. The van der Waals surface area contributed by atoms with Gasteiger partial charge in [-0.1, -0.05) is 19.9 Å². The van der Waals surface area contributed by atoms with Crippen LogP contribution < -0.4 is 4.90 Å². The zero-order valence-electron chi connectivity index (χ0n) is 17.6. The third-order valence-corrected chi connectivity index (χ3v) is 6.21. The van der Waals surface area contributed by atoms with Gasteiger partial charge in [0, 0.05) is 20.2 Å². The maximum atomic E-state index is 15.1. The molecule has 0 saturated heterocycles. The van der Waals surface area contributed by atoms with Crippen LogP contribution in [0.25, 0.3) is 0 Å². The smallest absolute Gasteiger partial charge is 0.310 e. The molecule has 0 aromatic heterocycles. The molecular weight excluding hydrogens is 531 g/mol. The second-order valence-corrected chi connectivity index (χ2v) is 10.5. The van der Waals surface area contributed by atoms with E-state index in [0.29, 0.717) is 13.1 Å². The topological polar surface area (TPSA) is 38.8 Å². The Morgan fingerprint density at radius 1 is 1.07 bits per heavy atom. The van der Waals surface area contributed by atoms with Gasteiger partial charge in [-0.3, -0.25) is 4.79 Å². The first kappa shape index (κ1) is 25.2. The van der Waals surface area contributed by atoms with Crippen LogP contribution in [0.1, 0.15) is 38.8 Å². The lowest BCUT2D eigenvalue weighted by molar-refractivity contribution is -0.147. The highest BCUT2D eigenvalue weighted by atomic mass is 79.9. The summed E-state index contributed by atoms with van der Waals surface area (Å²) in [6.07, 6.45) is 1.85. The fourth-order valence-corrected chi connectivity index (χ4v) is 4.39. The third-order valence-electron chi connectivity index (χ3n) is 5.68. The van der Waals surface area contributed by atoms with Gasteiger partial charge in [-0.25, -0.2) is 13.2 Å². The van der Waals surface area contributed by atoms with Gasteiger partial charge >= 0.3 is 5.97 Å². The molecule has 9 heteroatoms. The highest BCUT2D eigenvalue weighted by molar-refractivity contribution is 9.28. The molecule has 1 saturated carbocycles. The van der Waals surface area contributed by atoms with E-state index < -0.39 is 48.1 Å². The largest absolute Gasteiger partial charge is 0.460 e. The molecule has 2 atom stereocenters. The van der Waals surface area contributed by atoms with Crippen molar-refractivity contribution in [2.45, 2.75) is 40.9 Å². The Morgan fingerprint density at radius 2 is 1.63 bits per heavy atom. The maximum Gasteiger partial charge on any atom is 0.310 e. The first-order valence-corrected chi connectivity index (χ1v) is 11.2. The zero-order valence-corrected chi connectivity index (χ0v) is 20.8. The average Bonchev–Trinajstić information content (AvgIpc) is 3.22. The number of hydrogen-bond donors (Lipinski definition) is 0. The van der Waals surface area contributed by atoms with Crippen LogP contribution in [0.5, 0.6) is 0 Å². The first-order valence-electron chi connectivity index (χ1n) is 9.64. The van der Waals surface area contributed by atoms with Crippen LogP contribution in [0.15, 0.2) is 9.47 Å². The predicted octanol–water partition coefficient (Wildman–Crippen LogP) is 6.04. The van der Waals surface area contributed by atoms with Gasteiger partial charge < -0.3 is 14.4 Å². The van der Waals surface area contributed by atoms with Crippen molar-refractivity contribution in [3.05, 3.63) is 38.0 Å². The van der Waals surface area contributed by atoms with Gasteiger partial charge in [-0.2, -0.15) is 0 Å². The Balaban J connectivity index is 2.37. The van der Waals surface area contributed by atoms with E-state index in [1.165, 1.54) is 7.11 Å². The molecule has 0 spiro atoms. The quantitative estimate of drug-likeness (QED) is 0.274. The van der Waals surface area contributed by atoms with E-state index in [1.807, 2.05) is 19.9 Å². The summed E-state index contributed by atoms with van der Waals surface area (Å²) in [5.41, 5.74) is -1.23. The van der Waals surface area contributed by atoms with Crippen LogP contribution in [0, 0.1) is 34.7 Å². The predicted molar refractivity (Wildman–Crippen MR) is 117 cm³/mol. The van der Waals surface area contributed by atoms with E-state index in [1.54, 1.807) is 18.7 Å². The van der Waals surface area contributed by atoms with Gasteiger partial charge in [0.2, 0.25) is 0 Å². The number of ether oxygens (including phenoxy) is 2. The number of nitrogens with zero attached hydrogens (tertiary/aromatic N) is 1. The van der Waals surface area contributed by atoms with Crippen molar-refractivity contribution in [3.8, 4) is 0 Å². The number of allylic oxidation sites excluding steroid dienone is 1. The van der Waals surface area contributed by atoms with Crippen molar-refractivity contribution < 1.29 is 27.4 Å². The van der Waals surface area contributed by atoms with Crippen LogP contribution in [0.4, 0.5) is 18.9 Å². The summed E-state index contributed by atoms with van der Waals surface area (Å²) in [6, 6.07) is 0. The van der Waals surface area contributed by atoms with Crippen molar-refractivity contribution in [2.24, 2.45) is 17.3 Å². The number of anilines is 1. The molecule has 0 heterocycles. The molecule has 0 bridgehead atoms. The van der Waals surface area contributed by atoms with E-state index >= 15 is 4.39 Å². The Kier molecular flexibility index (Phi) is 8.43. The molecule has 1 aromatic carbocycles. The highest BCUT2D eigenvalue weighted by Crippen LogP contribution is 2.60. The van der Waals surface area contributed by atoms with Crippen molar-refractivity contribution in [2.75, 3.05) is 25.1 Å². The summed E-state index contributed by atoms with van der Waals surface area (Å²) in [7, 11) is 1.27. The van der Waals surface area contributed by atoms with Gasteiger partial charge in [-0.05, 0) is 57.0 Å². The number of esters is 1. The SMILES string of the molecule is CCN(CC)c1c(F)c(COC)c(F)c(F)c1COC(=O)[C@@H]1[C@H](C=C(Br)Br)C1(C)C. The van der Waals surface area contributed by atoms with Crippen molar-refractivity contribution in [1.29, 1.82) is 0 Å². The molecule has 1 aromatic rings. The second kappa shape index (κ2) is 10.0. The van der Waals surface area contributed by atoms with Crippen LogP contribution in [0.3, 0.4) is 0 Å². The number of carbonyl (C=O) groups is 1. The van der Waals surface area contributed by atoms with Crippen LogP contribution in [0.2, 0.25) is 0 Å². The number of halogens is 5. The summed E-state index contributed by atoms with van der Waals surface area (Å²) in [6.45, 7) is 7.16. The highest BCUT2D eigenvalue weighted by Gasteiger charge is 2.61. The Bertz CT molecular complexity index is 838. The summed E-state index contributed by atoms with van der Waals surface area (Å²) in [4.78, 5) is 14.2. The summed E-state index contributed by atoms with van der Waals surface area (Å²) < 4.78 is 55.4. The molecule has 1 aliphatic rings. The number of rotatable bonds is 9. The molecule has 2 rings (SSSR count). The average molecular weight is 557 g/mol. The van der Waals surface area contributed by atoms with Crippen LogP contribution in [-0.4, -0.2) is 26.2 Å². The fourth-order valence-electron chi connectivity index (χ4n) is 3.82. The minimum atomic E-state index is -1.33. The van der Waals surface area contributed by atoms with Gasteiger partial charge in [0.15, 0.2) is 17.5 Å². The van der Waals surface area contributed by atoms with Gasteiger partial charge in [-0.15, -0.1) is 0 Å². The van der Waals surface area contributed by atoms with Crippen LogP contribution in [-0.2, 0) is 27.5 Å². The molecule has 0 unspecified atom stereocenters. The summed E-state index contributed by atoms with van der Waals surface area (Å²) in [5, 5.41) is 0. The number of benzene rings is 1. The molecule has 168 valence electrons. The van der Waals surface area contributed by atoms with Crippen molar-refractivity contribution in [3.63, 3.8) is 0 Å². The molecular formula is C21H26Br2F3NO3. The summed E-state index contributed by atoms with van der Waals surface area (Å²) in [5.74, 6) is -4.48. The van der Waals surface area contributed by atoms with E-state index in [2.05, 4.69) is 31.9 Å². The molecule has 0 aliphatic heterocycles. The first-order chi connectivity index (χ1) is 14.0. The van der Waals surface area contributed by atoms with Crippen molar-refractivity contribution in [1.82, 2.24) is 0 Å². The molecule has 0 radical (unpaired) electrons. The number of hydrogen-bond acceptors (Lipinski definition) is 4. The minimum Gasteiger partial charge on any atom is -0.460 e. The maximum absolute atomic E-state index is 15.1. The van der Waals surface area contributed by atoms with Gasteiger partial charge in [0.25, 0.3) is 0 Å². The van der Waals surface area contributed by atoms with Gasteiger partial charge in [0.1, 0.15) is 6.61 Å². The minimum absolute atomic E-state index is 0.0663. The Morgan fingerprint density at radius 3 is 2.13 bits per heavy atom. The summed E-state index contributed by atoms with van der Waals surface area (Å²) >= 11 is 6.56. The lowest BCUT2D eigenvalue weighted by Crippen LogP contribution is -2.27. The van der Waals surface area contributed by atoms with E-state index in [0.717, 1.165) is 3.39 Å².